The highest BCUT2D eigenvalue weighted by Crippen LogP contribution is 2.63. The van der Waals surface area contributed by atoms with Gasteiger partial charge < -0.3 is 0 Å². The number of imide groups is 1. The van der Waals surface area contributed by atoms with Crippen LogP contribution in [-0.4, -0.2) is 16.8 Å². The zero-order chi connectivity index (χ0) is 13.2. The minimum atomic E-state index is -0.172. The average Bonchev–Trinajstić information content (AvgIpc) is 2.74. The van der Waals surface area contributed by atoms with Crippen LogP contribution in [0.4, 0.5) is 5.82 Å². The number of fused-ring (bicyclic) bond motifs is 1. The molecule has 2 fully saturated rings. The Labute approximate surface area is 114 Å². The summed E-state index contributed by atoms with van der Waals surface area (Å²) in [6.07, 6.45) is 1.63. The molecule has 2 amide bonds. The van der Waals surface area contributed by atoms with Gasteiger partial charge in [0.25, 0.3) is 0 Å². The Hall–Kier alpha value is -1.23. The van der Waals surface area contributed by atoms with Gasteiger partial charge in [0, 0.05) is 10.7 Å². The van der Waals surface area contributed by atoms with Gasteiger partial charge in [0.1, 0.15) is 5.82 Å². The van der Waals surface area contributed by atoms with E-state index in [4.69, 9.17) is 0 Å². The first-order chi connectivity index (χ1) is 8.35. The number of amides is 2. The van der Waals surface area contributed by atoms with Crippen LogP contribution in [0.2, 0.25) is 0 Å². The molecule has 5 heteroatoms. The van der Waals surface area contributed by atoms with Crippen LogP contribution >= 0.6 is 15.9 Å². The number of pyridine rings is 1. The highest BCUT2D eigenvalue weighted by molar-refractivity contribution is 9.10. The summed E-state index contributed by atoms with van der Waals surface area (Å²) >= 11 is 3.36. The maximum absolute atomic E-state index is 12.2. The molecule has 2 atom stereocenters. The van der Waals surface area contributed by atoms with Gasteiger partial charge in [-0.05, 0) is 39.9 Å². The van der Waals surface area contributed by atoms with Crippen molar-refractivity contribution in [3.63, 3.8) is 0 Å². The molecule has 1 aromatic heterocycles. The summed E-state index contributed by atoms with van der Waals surface area (Å²) in [5.74, 6) is -0.0892. The van der Waals surface area contributed by atoms with Gasteiger partial charge in [0.15, 0.2) is 0 Å². The maximum Gasteiger partial charge on any atom is 0.239 e. The summed E-state index contributed by atoms with van der Waals surface area (Å²) in [6, 6.07) is 1.76. The molecule has 1 aliphatic carbocycles. The fraction of sp³-hybridized carbons (Fsp3) is 0.462. The molecule has 0 N–H and O–H groups in total. The molecule has 18 heavy (non-hydrogen) atoms. The lowest BCUT2D eigenvalue weighted by atomic mass is 10.1. The standard InChI is InChI=1S/C13H13BrN2O2/c1-6-4-8(15-5-7(6)14)16-11(17)9-10(12(16)18)13(9,2)3/h4-5,9-10H,1-3H3. The van der Waals surface area contributed by atoms with E-state index >= 15 is 0 Å². The third-order valence-corrected chi connectivity index (χ3v) is 4.89. The molecule has 2 unspecified atom stereocenters. The van der Waals surface area contributed by atoms with Crippen molar-refractivity contribution in [1.82, 2.24) is 4.98 Å². The summed E-state index contributed by atoms with van der Waals surface area (Å²) < 4.78 is 0.871. The molecule has 0 radical (unpaired) electrons. The lowest BCUT2D eigenvalue weighted by molar-refractivity contribution is -0.125. The molecular formula is C13H13BrN2O2. The van der Waals surface area contributed by atoms with Gasteiger partial charge >= 0.3 is 0 Å². The molecule has 4 nitrogen and oxygen atoms in total. The zero-order valence-electron chi connectivity index (χ0n) is 10.4. The molecule has 0 aromatic carbocycles. The quantitative estimate of drug-likeness (QED) is 0.748. The maximum atomic E-state index is 12.2. The van der Waals surface area contributed by atoms with Crippen molar-refractivity contribution in [2.24, 2.45) is 17.3 Å². The SMILES string of the molecule is Cc1cc(N2C(=O)C3C(C2=O)C3(C)C)ncc1Br. The number of carbonyl (C=O) groups is 2. The Kier molecular flexibility index (Phi) is 2.24. The first kappa shape index (κ1) is 11.8. The molecule has 1 aliphatic heterocycles. The van der Waals surface area contributed by atoms with Crippen molar-refractivity contribution in [2.75, 3.05) is 4.90 Å². The van der Waals surface area contributed by atoms with E-state index in [-0.39, 0.29) is 29.1 Å². The van der Waals surface area contributed by atoms with Crippen molar-refractivity contribution < 1.29 is 9.59 Å². The molecule has 0 spiro atoms. The van der Waals surface area contributed by atoms with Crippen LogP contribution in [-0.2, 0) is 9.59 Å². The van der Waals surface area contributed by atoms with Crippen LogP contribution in [0.5, 0.6) is 0 Å². The Morgan fingerprint density at radius 1 is 1.28 bits per heavy atom. The van der Waals surface area contributed by atoms with E-state index in [1.54, 1.807) is 12.3 Å². The van der Waals surface area contributed by atoms with Crippen molar-refractivity contribution in [3.05, 3.63) is 22.3 Å². The van der Waals surface area contributed by atoms with Crippen LogP contribution < -0.4 is 4.90 Å². The van der Waals surface area contributed by atoms with Crippen molar-refractivity contribution in [2.45, 2.75) is 20.8 Å². The fourth-order valence-electron chi connectivity index (χ4n) is 2.82. The zero-order valence-corrected chi connectivity index (χ0v) is 12.0. The third-order valence-electron chi connectivity index (χ3n) is 4.06. The fourth-order valence-corrected chi connectivity index (χ4v) is 3.04. The molecule has 1 aromatic rings. The van der Waals surface area contributed by atoms with E-state index in [1.807, 2.05) is 20.8 Å². The summed E-state index contributed by atoms with van der Waals surface area (Å²) in [7, 11) is 0. The van der Waals surface area contributed by atoms with Crippen LogP contribution in [0.1, 0.15) is 19.4 Å². The van der Waals surface area contributed by atoms with Crippen molar-refractivity contribution >= 4 is 33.6 Å². The third kappa shape index (κ3) is 1.34. The van der Waals surface area contributed by atoms with Gasteiger partial charge in [-0.2, -0.15) is 0 Å². The van der Waals surface area contributed by atoms with E-state index in [0.717, 1.165) is 10.0 Å². The Morgan fingerprint density at radius 2 is 1.83 bits per heavy atom. The molecule has 1 saturated heterocycles. The Bertz CT molecular complexity index is 558. The monoisotopic (exact) mass is 308 g/mol. The summed E-state index contributed by atoms with van der Waals surface area (Å²) in [5.41, 5.74) is 0.787. The minimum absolute atomic E-state index is 0.107. The second kappa shape index (κ2) is 3.41. The smallest absolute Gasteiger partial charge is 0.239 e. The van der Waals surface area contributed by atoms with Gasteiger partial charge in [-0.1, -0.05) is 13.8 Å². The van der Waals surface area contributed by atoms with Gasteiger partial charge in [-0.25, -0.2) is 9.88 Å². The molecule has 94 valence electrons. The number of piperidine rings is 1. The number of aryl methyl sites for hydroxylation is 1. The van der Waals surface area contributed by atoms with Crippen LogP contribution in [0.3, 0.4) is 0 Å². The first-order valence-electron chi connectivity index (χ1n) is 5.85. The second-order valence-corrected chi connectivity index (χ2v) is 6.43. The van der Waals surface area contributed by atoms with E-state index < -0.39 is 0 Å². The van der Waals surface area contributed by atoms with Crippen LogP contribution in [0.25, 0.3) is 0 Å². The molecule has 2 aliphatic rings. The van der Waals surface area contributed by atoms with Crippen LogP contribution in [0.15, 0.2) is 16.7 Å². The number of anilines is 1. The summed E-state index contributed by atoms with van der Waals surface area (Å²) in [4.78, 5) is 29.8. The first-order valence-corrected chi connectivity index (χ1v) is 6.65. The predicted octanol–water partition coefficient (Wildman–Crippen LogP) is 2.30. The van der Waals surface area contributed by atoms with Gasteiger partial charge in [-0.15, -0.1) is 0 Å². The molecule has 1 saturated carbocycles. The summed E-state index contributed by atoms with van der Waals surface area (Å²) in [5, 5.41) is 0. The van der Waals surface area contributed by atoms with Gasteiger partial charge in [-0.3, -0.25) is 9.59 Å². The molecule has 2 heterocycles. The van der Waals surface area contributed by atoms with E-state index in [0.29, 0.717) is 5.82 Å². The van der Waals surface area contributed by atoms with Crippen molar-refractivity contribution in [3.8, 4) is 0 Å². The number of nitrogens with zero attached hydrogens (tertiary/aromatic N) is 2. The van der Waals surface area contributed by atoms with E-state index in [2.05, 4.69) is 20.9 Å². The lowest BCUT2D eigenvalue weighted by Crippen LogP contribution is -2.36. The van der Waals surface area contributed by atoms with Gasteiger partial charge in [0.05, 0.1) is 11.8 Å². The molecule has 0 bridgehead atoms. The predicted molar refractivity (Wildman–Crippen MR) is 69.9 cm³/mol. The summed E-state index contributed by atoms with van der Waals surface area (Å²) in [6.45, 7) is 5.84. The van der Waals surface area contributed by atoms with E-state index in [1.165, 1.54) is 4.90 Å². The molecule has 3 rings (SSSR count). The number of rotatable bonds is 1. The highest BCUT2D eigenvalue weighted by atomic mass is 79.9. The highest BCUT2D eigenvalue weighted by Gasteiger charge is 2.72. The number of hydrogen-bond donors (Lipinski definition) is 0. The van der Waals surface area contributed by atoms with Gasteiger partial charge in [0.2, 0.25) is 11.8 Å². The Balaban J connectivity index is 1.98. The minimum Gasteiger partial charge on any atom is -0.274 e. The van der Waals surface area contributed by atoms with E-state index in [9.17, 15) is 9.59 Å². The lowest BCUT2D eigenvalue weighted by Gasteiger charge is -2.19. The number of aromatic nitrogens is 1. The Morgan fingerprint density at radius 3 is 2.33 bits per heavy atom. The molecular weight excluding hydrogens is 296 g/mol. The number of halogens is 1. The number of carbonyl (C=O) groups excluding carboxylic acids is 2. The van der Waals surface area contributed by atoms with Crippen molar-refractivity contribution in [1.29, 1.82) is 0 Å². The second-order valence-electron chi connectivity index (χ2n) is 5.58. The van der Waals surface area contributed by atoms with Crippen LogP contribution in [0, 0.1) is 24.2 Å². The average molecular weight is 309 g/mol. The topological polar surface area (TPSA) is 50.3 Å². The number of hydrogen-bond acceptors (Lipinski definition) is 3. The largest absolute Gasteiger partial charge is 0.274 e. The normalized spacial score (nSPS) is 28.6.